The number of amidine groups is 1. The third kappa shape index (κ3) is 7.14. The summed E-state index contributed by atoms with van der Waals surface area (Å²) in [6, 6.07) is 25.0. The summed E-state index contributed by atoms with van der Waals surface area (Å²) in [6.45, 7) is 6.99. The second-order valence-electron chi connectivity index (χ2n) is 11.4. The average Bonchev–Trinajstić information content (AvgIpc) is 2.98. The van der Waals surface area contributed by atoms with Gasteiger partial charge in [0.2, 0.25) is 5.91 Å². The first kappa shape index (κ1) is 29.2. The van der Waals surface area contributed by atoms with E-state index in [-0.39, 0.29) is 17.0 Å². The van der Waals surface area contributed by atoms with Crippen LogP contribution in [0.5, 0.6) is 5.75 Å². The first-order chi connectivity index (χ1) is 19.9. The van der Waals surface area contributed by atoms with Gasteiger partial charge in [0.05, 0.1) is 5.69 Å². The minimum atomic E-state index is -0.382. The van der Waals surface area contributed by atoms with E-state index >= 15 is 0 Å². The summed E-state index contributed by atoms with van der Waals surface area (Å²) >= 11 is 1.56. The van der Waals surface area contributed by atoms with Crippen molar-refractivity contribution in [2.75, 3.05) is 18.0 Å². The fourth-order valence-electron chi connectivity index (χ4n) is 6.04. The molecule has 5 rings (SSSR count). The molecular formula is C34H42N4O2S. The number of hydrogen-bond acceptors (Lipinski definition) is 5. The standard InChI is InChI=1S/C34H42N4O2S/c1-24-11-9-12-25(2)37(24)19-7-4-8-20-38-30-22-29(40-23-26-13-5-3-6-14-26)17-18-31(30)41-32(34(38)39)27-15-10-16-28(21-27)33(35)36/h3,5-6,10,13-18,21-22,24-25,32H,4,7-9,11-12,19-20,23H2,1-2H3,(H3,35,36)/t24-,25+,32?. The lowest BCUT2D eigenvalue weighted by atomic mass is 9.97. The molecule has 2 heterocycles. The molecule has 1 unspecified atom stereocenters. The van der Waals surface area contributed by atoms with E-state index in [1.165, 1.54) is 19.3 Å². The zero-order chi connectivity index (χ0) is 28.8. The molecule has 0 aliphatic carbocycles. The minimum absolute atomic E-state index is 0.00918. The van der Waals surface area contributed by atoms with Crippen molar-refractivity contribution in [2.24, 2.45) is 5.73 Å². The molecule has 216 valence electrons. The van der Waals surface area contributed by atoms with Crippen molar-refractivity contribution in [1.82, 2.24) is 4.90 Å². The molecule has 3 aromatic rings. The number of nitrogens with two attached hydrogens (primary N) is 1. The Morgan fingerprint density at radius 3 is 2.46 bits per heavy atom. The van der Waals surface area contributed by atoms with Gasteiger partial charge in [0, 0.05) is 35.2 Å². The van der Waals surface area contributed by atoms with E-state index in [0.717, 1.165) is 53.3 Å². The topological polar surface area (TPSA) is 82.7 Å². The van der Waals surface area contributed by atoms with Gasteiger partial charge in [-0.25, -0.2) is 0 Å². The fourth-order valence-corrected chi connectivity index (χ4v) is 7.24. The predicted molar refractivity (Wildman–Crippen MR) is 169 cm³/mol. The maximum absolute atomic E-state index is 14.0. The van der Waals surface area contributed by atoms with E-state index in [9.17, 15) is 4.79 Å². The maximum atomic E-state index is 14.0. The Bertz CT molecular complexity index is 1340. The summed E-state index contributed by atoms with van der Waals surface area (Å²) in [5, 5.41) is 7.48. The largest absolute Gasteiger partial charge is 0.489 e. The first-order valence-corrected chi connectivity index (χ1v) is 15.8. The van der Waals surface area contributed by atoms with Crippen LogP contribution in [0.15, 0.2) is 77.7 Å². The average molecular weight is 571 g/mol. The van der Waals surface area contributed by atoms with Crippen molar-refractivity contribution in [3.05, 3.63) is 89.5 Å². The Balaban J connectivity index is 1.31. The van der Waals surface area contributed by atoms with Gasteiger partial charge in [-0.15, -0.1) is 11.8 Å². The van der Waals surface area contributed by atoms with E-state index in [4.69, 9.17) is 15.9 Å². The van der Waals surface area contributed by atoms with E-state index < -0.39 is 0 Å². The molecule has 0 saturated carbocycles. The number of benzene rings is 3. The molecule has 0 bridgehead atoms. The SMILES string of the molecule is C[C@@H]1CCC[C@H](C)N1CCCCCN1C(=O)C(c2cccc(C(=N)N)c2)Sc2ccc(OCc3ccccc3)cc21. The van der Waals surface area contributed by atoms with Crippen molar-refractivity contribution in [2.45, 2.75) is 81.2 Å². The fraction of sp³-hybridized carbons (Fsp3) is 0.412. The van der Waals surface area contributed by atoms with Crippen molar-refractivity contribution >= 4 is 29.2 Å². The van der Waals surface area contributed by atoms with Crippen molar-refractivity contribution in [3.63, 3.8) is 0 Å². The summed E-state index contributed by atoms with van der Waals surface area (Å²) in [4.78, 5) is 19.7. The molecule has 0 radical (unpaired) electrons. The maximum Gasteiger partial charge on any atom is 0.245 e. The third-order valence-corrected chi connectivity index (χ3v) is 9.69. The molecular weight excluding hydrogens is 528 g/mol. The third-order valence-electron chi connectivity index (χ3n) is 8.38. The molecule has 7 heteroatoms. The van der Waals surface area contributed by atoms with E-state index in [1.54, 1.807) is 11.8 Å². The van der Waals surface area contributed by atoms with Crippen molar-refractivity contribution < 1.29 is 9.53 Å². The van der Waals surface area contributed by atoms with Gasteiger partial charge in [-0.1, -0.05) is 61.4 Å². The number of amides is 1. The number of rotatable bonds is 11. The normalized spacial score (nSPS) is 21.0. The molecule has 41 heavy (non-hydrogen) atoms. The second-order valence-corrected chi connectivity index (χ2v) is 12.5. The molecule has 2 aliphatic rings. The Kier molecular flexibility index (Phi) is 9.68. The summed E-state index contributed by atoms with van der Waals surface area (Å²) < 4.78 is 6.14. The van der Waals surface area contributed by atoms with Crippen LogP contribution in [0.4, 0.5) is 5.69 Å². The number of anilines is 1. The number of likely N-dealkylation sites (tertiary alicyclic amines) is 1. The zero-order valence-corrected chi connectivity index (χ0v) is 25.0. The number of fused-ring (bicyclic) bond motifs is 1. The summed E-state index contributed by atoms with van der Waals surface area (Å²) in [5.74, 6) is 0.840. The molecule has 2 aliphatic heterocycles. The lowest BCUT2D eigenvalue weighted by Crippen LogP contribution is -2.44. The number of carbonyl (C=O) groups is 1. The quantitative estimate of drug-likeness (QED) is 0.145. The van der Waals surface area contributed by atoms with Gasteiger partial charge < -0.3 is 15.4 Å². The Hall–Kier alpha value is -3.29. The van der Waals surface area contributed by atoms with Crippen molar-refractivity contribution in [1.29, 1.82) is 5.41 Å². The van der Waals surface area contributed by atoms with Crippen LogP contribution in [0.2, 0.25) is 0 Å². The van der Waals surface area contributed by atoms with Crippen LogP contribution in [0.25, 0.3) is 0 Å². The van der Waals surface area contributed by atoms with E-state index in [0.29, 0.717) is 30.8 Å². The molecule has 3 aromatic carbocycles. The number of thioether (sulfide) groups is 1. The highest BCUT2D eigenvalue weighted by molar-refractivity contribution is 8.00. The van der Waals surface area contributed by atoms with Gasteiger partial charge in [0.15, 0.2) is 0 Å². The number of nitrogen functional groups attached to an aromatic ring is 1. The molecule has 3 atom stereocenters. The number of nitrogens with zero attached hydrogens (tertiary/aromatic N) is 2. The lowest BCUT2D eigenvalue weighted by molar-refractivity contribution is -0.118. The zero-order valence-electron chi connectivity index (χ0n) is 24.2. The van der Waals surface area contributed by atoms with Crippen LogP contribution in [0.1, 0.15) is 74.3 Å². The number of piperidine rings is 1. The van der Waals surface area contributed by atoms with Crippen LogP contribution < -0.4 is 15.4 Å². The van der Waals surface area contributed by atoms with E-state index in [1.807, 2.05) is 59.5 Å². The summed E-state index contributed by atoms with van der Waals surface area (Å²) in [5.41, 5.74) is 9.31. The second kappa shape index (κ2) is 13.6. The summed E-state index contributed by atoms with van der Waals surface area (Å²) in [7, 11) is 0. The van der Waals surface area contributed by atoms with Crippen LogP contribution >= 0.6 is 11.8 Å². The Labute approximate surface area is 248 Å². The highest BCUT2D eigenvalue weighted by Gasteiger charge is 2.35. The van der Waals surface area contributed by atoms with Crippen LogP contribution in [-0.4, -0.2) is 41.8 Å². The molecule has 3 N–H and O–H groups in total. The lowest BCUT2D eigenvalue weighted by Gasteiger charge is -2.39. The van der Waals surface area contributed by atoms with Gasteiger partial charge in [-0.3, -0.25) is 15.1 Å². The van der Waals surface area contributed by atoms with Crippen LogP contribution in [0, 0.1) is 5.41 Å². The number of hydrogen-bond donors (Lipinski definition) is 2. The minimum Gasteiger partial charge on any atom is -0.489 e. The Morgan fingerprint density at radius 2 is 1.71 bits per heavy atom. The molecule has 1 saturated heterocycles. The van der Waals surface area contributed by atoms with Gasteiger partial charge in [0.25, 0.3) is 0 Å². The molecule has 1 amide bonds. The van der Waals surface area contributed by atoms with Gasteiger partial charge in [0.1, 0.15) is 23.4 Å². The molecule has 0 spiro atoms. The van der Waals surface area contributed by atoms with Gasteiger partial charge in [-0.2, -0.15) is 0 Å². The first-order valence-electron chi connectivity index (χ1n) is 14.9. The highest BCUT2D eigenvalue weighted by atomic mass is 32.2. The summed E-state index contributed by atoms with van der Waals surface area (Å²) in [6.07, 6.45) is 7.09. The molecule has 1 fully saturated rings. The van der Waals surface area contributed by atoms with Crippen LogP contribution in [-0.2, 0) is 11.4 Å². The van der Waals surface area contributed by atoms with E-state index in [2.05, 4.69) is 36.9 Å². The van der Waals surface area contributed by atoms with Gasteiger partial charge in [-0.05, 0) is 75.4 Å². The number of unbranched alkanes of at least 4 members (excludes halogenated alkanes) is 2. The van der Waals surface area contributed by atoms with Crippen molar-refractivity contribution in [3.8, 4) is 5.75 Å². The number of carbonyl (C=O) groups excluding carboxylic acids is 1. The molecule has 0 aromatic heterocycles. The molecule has 6 nitrogen and oxygen atoms in total. The Morgan fingerprint density at radius 1 is 0.951 bits per heavy atom. The number of nitrogens with one attached hydrogen (secondary N) is 1. The number of ether oxygens (including phenoxy) is 1. The smallest absolute Gasteiger partial charge is 0.245 e. The highest BCUT2D eigenvalue weighted by Crippen LogP contribution is 2.48. The van der Waals surface area contributed by atoms with Crippen LogP contribution in [0.3, 0.4) is 0 Å². The predicted octanol–water partition coefficient (Wildman–Crippen LogP) is 7.16. The van der Waals surface area contributed by atoms with Gasteiger partial charge >= 0.3 is 0 Å². The monoisotopic (exact) mass is 570 g/mol.